The predicted octanol–water partition coefficient (Wildman–Crippen LogP) is -0.425. The SMILES string of the molecule is NC1=NNNN1/N=C/c1ccccc1. The van der Waals surface area contributed by atoms with E-state index in [0.29, 0.717) is 0 Å². The van der Waals surface area contributed by atoms with Crippen LogP contribution < -0.4 is 16.8 Å². The first-order valence-corrected chi connectivity index (χ1v) is 4.09. The Morgan fingerprint density at radius 1 is 1.36 bits per heavy atom. The highest BCUT2D eigenvalue weighted by Crippen LogP contribution is 1.95. The first-order valence-electron chi connectivity index (χ1n) is 4.09. The molecule has 1 aliphatic rings. The molecule has 0 unspecified atom stereocenters. The molecule has 0 saturated heterocycles. The van der Waals surface area contributed by atoms with Crippen LogP contribution in [0.15, 0.2) is 40.5 Å². The summed E-state index contributed by atoms with van der Waals surface area (Å²) in [6.45, 7) is 0. The summed E-state index contributed by atoms with van der Waals surface area (Å²) in [6.07, 6.45) is 1.68. The van der Waals surface area contributed by atoms with Crippen molar-refractivity contribution in [3.05, 3.63) is 35.9 Å². The summed E-state index contributed by atoms with van der Waals surface area (Å²) in [5.74, 6) is 0.275. The lowest BCUT2D eigenvalue weighted by Crippen LogP contribution is -2.39. The van der Waals surface area contributed by atoms with Gasteiger partial charge >= 0.3 is 0 Å². The Hall–Kier alpha value is -2.08. The van der Waals surface area contributed by atoms with Gasteiger partial charge in [0, 0.05) is 0 Å². The van der Waals surface area contributed by atoms with Gasteiger partial charge in [-0.2, -0.15) is 5.10 Å². The molecule has 1 heterocycles. The number of hydrazine groups is 2. The fraction of sp³-hybridized carbons (Fsp3) is 0. The molecule has 2 rings (SSSR count). The van der Waals surface area contributed by atoms with Crippen LogP contribution in [0, 0.1) is 0 Å². The second kappa shape index (κ2) is 3.75. The average Bonchev–Trinajstić information content (AvgIpc) is 2.63. The molecule has 0 fully saturated rings. The number of hydrazone groups is 2. The average molecular weight is 190 g/mol. The van der Waals surface area contributed by atoms with Crippen LogP contribution >= 0.6 is 0 Å². The molecule has 0 aromatic heterocycles. The van der Waals surface area contributed by atoms with Crippen molar-refractivity contribution in [2.45, 2.75) is 0 Å². The van der Waals surface area contributed by atoms with Gasteiger partial charge in [0.25, 0.3) is 5.96 Å². The second-order valence-electron chi connectivity index (χ2n) is 2.66. The van der Waals surface area contributed by atoms with Crippen LogP contribution in [0.5, 0.6) is 0 Å². The van der Waals surface area contributed by atoms with E-state index in [0.717, 1.165) is 5.56 Å². The summed E-state index contributed by atoms with van der Waals surface area (Å²) in [4.78, 5) is 0. The van der Waals surface area contributed by atoms with E-state index in [2.05, 4.69) is 21.3 Å². The summed E-state index contributed by atoms with van der Waals surface area (Å²) in [5.41, 5.74) is 11.6. The van der Waals surface area contributed by atoms with E-state index >= 15 is 0 Å². The quantitative estimate of drug-likeness (QED) is 0.553. The summed E-state index contributed by atoms with van der Waals surface area (Å²) in [7, 11) is 0. The third-order valence-electron chi connectivity index (χ3n) is 1.67. The van der Waals surface area contributed by atoms with E-state index < -0.39 is 0 Å². The zero-order valence-electron chi connectivity index (χ0n) is 7.38. The lowest BCUT2D eigenvalue weighted by molar-refractivity contribution is 0.307. The largest absolute Gasteiger partial charge is 0.366 e. The number of nitrogens with one attached hydrogen (secondary N) is 2. The molecule has 6 nitrogen and oxygen atoms in total. The van der Waals surface area contributed by atoms with Crippen molar-refractivity contribution in [2.75, 3.05) is 0 Å². The Bertz CT molecular complexity index is 357. The van der Waals surface area contributed by atoms with E-state index in [1.807, 2.05) is 30.3 Å². The number of hydrogen-bond donors (Lipinski definition) is 3. The Labute approximate surface area is 81.0 Å². The Balaban J connectivity index is 2.04. The van der Waals surface area contributed by atoms with E-state index in [-0.39, 0.29) is 5.96 Å². The van der Waals surface area contributed by atoms with Crippen molar-refractivity contribution in [2.24, 2.45) is 15.9 Å². The summed E-state index contributed by atoms with van der Waals surface area (Å²) < 4.78 is 0. The Morgan fingerprint density at radius 2 is 2.14 bits per heavy atom. The minimum atomic E-state index is 0.275. The van der Waals surface area contributed by atoms with Crippen LogP contribution in [0.3, 0.4) is 0 Å². The molecule has 6 heteroatoms. The smallest absolute Gasteiger partial charge is 0.252 e. The molecular weight excluding hydrogens is 180 g/mol. The number of benzene rings is 1. The van der Waals surface area contributed by atoms with E-state index in [4.69, 9.17) is 5.73 Å². The molecule has 1 aromatic carbocycles. The number of rotatable bonds is 2. The normalized spacial score (nSPS) is 15.7. The lowest BCUT2D eigenvalue weighted by Gasteiger charge is -2.07. The maximum Gasteiger partial charge on any atom is 0.252 e. The maximum absolute atomic E-state index is 5.48. The first kappa shape index (κ1) is 8.52. The van der Waals surface area contributed by atoms with Crippen LogP contribution in [0.4, 0.5) is 0 Å². The van der Waals surface area contributed by atoms with Crippen LogP contribution in [-0.2, 0) is 0 Å². The van der Waals surface area contributed by atoms with Gasteiger partial charge in [-0.05, 0) is 5.56 Å². The minimum Gasteiger partial charge on any atom is -0.366 e. The van der Waals surface area contributed by atoms with Gasteiger partial charge in [-0.3, -0.25) is 0 Å². The summed E-state index contributed by atoms with van der Waals surface area (Å²) in [6, 6.07) is 9.71. The topological polar surface area (TPSA) is 78.0 Å². The molecule has 0 bridgehead atoms. The third-order valence-corrected chi connectivity index (χ3v) is 1.67. The first-order chi connectivity index (χ1) is 6.86. The summed E-state index contributed by atoms with van der Waals surface area (Å²) >= 11 is 0. The van der Waals surface area contributed by atoms with Crippen molar-refractivity contribution in [1.82, 2.24) is 16.2 Å². The lowest BCUT2D eigenvalue weighted by atomic mass is 10.2. The van der Waals surface area contributed by atoms with E-state index in [1.165, 1.54) is 5.12 Å². The van der Waals surface area contributed by atoms with Crippen molar-refractivity contribution < 1.29 is 0 Å². The number of hydrogen-bond acceptors (Lipinski definition) is 6. The maximum atomic E-state index is 5.48. The van der Waals surface area contributed by atoms with Gasteiger partial charge in [-0.15, -0.1) is 15.8 Å². The fourth-order valence-electron chi connectivity index (χ4n) is 0.986. The molecule has 0 amide bonds. The zero-order chi connectivity index (χ0) is 9.80. The van der Waals surface area contributed by atoms with Crippen molar-refractivity contribution in [1.29, 1.82) is 0 Å². The molecule has 0 saturated carbocycles. The minimum absolute atomic E-state index is 0.275. The number of nitrogens with zero attached hydrogens (tertiary/aromatic N) is 3. The van der Waals surface area contributed by atoms with Gasteiger partial charge in [0.2, 0.25) is 0 Å². The molecule has 14 heavy (non-hydrogen) atoms. The molecule has 1 aromatic rings. The third kappa shape index (κ3) is 1.80. The molecule has 1 aliphatic heterocycles. The van der Waals surface area contributed by atoms with Gasteiger partial charge in [-0.1, -0.05) is 30.3 Å². The van der Waals surface area contributed by atoms with Gasteiger partial charge in [0.1, 0.15) is 0 Å². The van der Waals surface area contributed by atoms with E-state index in [9.17, 15) is 0 Å². The van der Waals surface area contributed by atoms with Gasteiger partial charge in [0.05, 0.1) is 6.21 Å². The highest BCUT2D eigenvalue weighted by molar-refractivity contribution is 5.83. The van der Waals surface area contributed by atoms with Crippen LogP contribution in [0.25, 0.3) is 0 Å². The zero-order valence-corrected chi connectivity index (χ0v) is 7.38. The Kier molecular flexibility index (Phi) is 2.28. The number of guanidine groups is 1. The Morgan fingerprint density at radius 3 is 2.79 bits per heavy atom. The number of nitrogens with two attached hydrogens (primary N) is 1. The van der Waals surface area contributed by atoms with Crippen molar-refractivity contribution in [3.63, 3.8) is 0 Å². The van der Waals surface area contributed by atoms with Crippen LogP contribution in [0.2, 0.25) is 0 Å². The molecule has 0 aliphatic carbocycles. The molecule has 0 radical (unpaired) electrons. The second-order valence-corrected chi connectivity index (χ2v) is 2.66. The highest BCUT2D eigenvalue weighted by atomic mass is 15.9. The molecule has 0 atom stereocenters. The van der Waals surface area contributed by atoms with Crippen LogP contribution in [0.1, 0.15) is 5.56 Å². The van der Waals surface area contributed by atoms with Gasteiger partial charge < -0.3 is 5.73 Å². The van der Waals surface area contributed by atoms with E-state index in [1.54, 1.807) is 6.21 Å². The molecular formula is C8H10N6. The van der Waals surface area contributed by atoms with Crippen molar-refractivity contribution in [3.8, 4) is 0 Å². The van der Waals surface area contributed by atoms with Crippen molar-refractivity contribution >= 4 is 12.2 Å². The summed E-state index contributed by atoms with van der Waals surface area (Å²) in [5, 5.41) is 9.07. The standard InChI is InChI=1S/C8H10N6/c9-8-11-12-13-14(8)10-6-7-4-2-1-3-5-7/h1-6,12-13H,(H2,9,11)/b10-6+. The molecule has 4 N–H and O–H groups in total. The monoisotopic (exact) mass is 190 g/mol. The highest BCUT2D eigenvalue weighted by Gasteiger charge is 2.09. The molecule has 0 spiro atoms. The fourth-order valence-corrected chi connectivity index (χ4v) is 0.986. The van der Waals surface area contributed by atoms with Gasteiger partial charge in [0.15, 0.2) is 0 Å². The van der Waals surface area contributed by atoms with Crippen LogP contribution in [-0.4, -0.2) is 17.3 Å². The molecule has 72 valence electrons. The van der Waals surface area contributed by atoms with Gasteiger partial charge in [-0.25, -0.2) is 5.53 Å². The predicted molar refractivity (Wildman–Crippen MR) is 53.8 cm³/mol.